The van der Waals surface area contributed by atoms with E-state index in [-0.39, 0.29) is 5.69 Å². The van der Waals surface area contributed by atoms with Crippen LogP contribution in [-0.2, 0) is 0 Å². The van der Waals surface area contributed by atoms with Gasteiger partial charge in [0.1, 0.15) is 17.3 Å². The van der Waals surface area contributed by atoms with Gasteiger partial charge in [0, 0.05) is 12.1 Å². The predicted octanol–water partition coefficient (Wildman–Crippen LogP) is 1.69. The van der Waals surface area contributed by atoms with Crippen molar-refractivity contribution in [1.82, 2.24) is 4.57 Å². The monoisotopic (exact) mass is 263 g/mol. The molecule has 1 heterocycles. The number of aromatic hydroxyl groups is 1. The molecule has 0 aliphatic heterocycles. The second-order valence-electron chi connectivity index (χ2n) is 4.03. The fourth-order valence-corrected chi connectivity index (χ4v) is 1.76. The first-order chi connectivity index (χ1) is 8.90. The summed E-state index contributed by atoms with van der Waals surface area (Å²) in [5.41, 5.74) is -0.856. The minimum atomic E-state index is -1.44. The minimum absolute atomic E-state index is 0.173. The van der Waals surface area contributed by atoms with Crippen LogP contribution < -0.4 is 5.56 Å². The molecule has 0 radical (unpaired) electrons. The first-order valence-electron chi connectivity index (χ1n) is 5.36. The van der Waals surface area contributed by atoms with Gasteiger partial charge < -0.3 is 10.2 Å². The number of benzene rings is 1. The number of carbonyl (C=O) groups is 1. The van der Waals surface area contributed by atoms with Gasteiger partial charge in [-0.25, -0.2) is 9.18 Å². The van der Waals surface area contributed by atoms with Gasteiger partial charge in [-0.1, -0.05) is 6.07 Å². The third-order valence-corrected chi connectivity index (χ3v) is 2.58. The van der Waals surface area contributed by atoms with E-state index in [9.17, 15) is 19.1 Å². The molecular formula is C13H10FNO4. The van der Waals surface area contributed by atoms with Crippen LogP contribution in [0.4, 0.5) is 4.39 Å². The Kier molecular flexibility index (Phi) is 3.08. The van der Waals surface area contributed by atoms with E-state index in [1.807, 2.05) is 0 Å². The molecular weight excluding hydrogens is 253 g/mol. The average molecular weight is 263 g/mol. The molecule has 0 spiro atoms. The van der Waals surface area contributed by atoms with Crippen molar-refractivity contribution in [2.24, 2.45) is 0 Å². The highest BCUT2D eigenvalue weighted by atomic mass is 19.1. The van der Waals surface area contributed by atoms with Crippen LogP contribution in [0.25, 0.3) is 5.69 Å². The number of halogens is 1. The fourth-order valence-electron chi connectivity index (χ4n) is 1.76. The standard InChI is InChI=1S/C13H10FNO4/c1-7-2-3-10(9(14)4-7)15-11(13(18)19)5-8(16)6-12(15)17/h2-6,16H,1H3,(H,18,19). The molecule has 6 heteroatoms. The van der Waals surface area contributed by atoms with Crippen molar-refractivity contribution in [3.8, 4) is 11.4 Å². The molecule has 1 aromatic heterocycles. The van der Waals surface area contributed by atoms with Gasteiger partial charge in [-0.05, 0) is 24.6 Å². The maximum absolute atomic E-state index is 13.8. The van der Waals surface area contributed by atoms with Crippen LogP contribution in [0.15, 0.2) is 35.1 Å². The number of pyridine rings is 1. The second kappa shape index (κ2) is 4.56. The fraction of sp³-hybridized carbons (Fsp3) is 0.0769. The number of hydrogen-bond acceptors (Lipinski definition) is 3. The van der Waals surface area contributed by atoms with Gasteiger partial charge in [0.05, 0.1) is 5.69 Å². The normalized spacial score (nSPS) is 10.4. The first kappa shape index (κ1) is 12.8. The van der Waals surface area contributed by atoms with Gasteiger partial charge in [-0.2, -0.15) is 0 Å². The molecule has 19 heavy (non-hydrogen) atoms. The number of carboxylic acid groups (broad SMARTS) is 1. The van der Waals surface area contributed by atoms with Crippen molar-refractivity contribution in [2.45, 2.75) is 6.92 Å². The molecule has 5 nitrogen and oxygen atoms in total. The number of aromatic nitrogens is 1. The van der Waals surface area contributed by atoms with Gasteiger partial charge >= 0.3 is 5.97 Å². The zero-order valence-electron chi connectivity index (χ0n) is 9.92. The van der Waals surface area contributed by atoms with E-state index < -0.39 is 28.8 Å². The van der Waals surface area contributed by atoms with Crippen LogP contribution in [0.1, 0.15) is 16.1 Å². The van der Waals surface area contributed by atoms with Crippen LogP contribution in [0.3, 0.4) is 0 Å². The molecule has 1 aromatic carbocycles. The Bertz CT molecular complexity index is 721. The largest absolute Gasteiger partial charge is 0.508 e. The molecule has 0 saturated carbocycles. The minimum Gasteiger partial charge on any atom is -0.508 e. The Morgan fingerprint density at radius 3 is 2.53 bits per heavy atom. The Morgan fingerprint density at radius 2 is 1.95 bits per heavy atom. The third-order valence-electron chi connectivity index (χ3n) is 2.58. The molecule has 2 N–H and O–H groups in total. The summed E-state index contributed by atoms with van der Waals surface area (Å²) in [7, 11) is 0. The molecule has 0 bridgehead atoms. The van der Waals surface area contributed by atoms with Crippen LogP contribution in [0.5, 0.6) is 5.75 Å². The van der Waals surface area contributed by atoms with Crippen molar-refractivity contribution in [2.75, 3.05) is 0 Å². The lowest BCUT2D eigenvalue weighted by Crippen LogP contribution is -2.24. The topological polar surface area (TPSA) is 79.5 Å². The van der Waals surface area contributed by atoms with Crippen LogP contribution in [0.2, 0.25) is 0 Å². The van der Waals surface area contributed by atoms with Crippen molar-refractivity contribution >= 4 is 5.97 Å². The molecule has 98 valence electrons. The number of nitrogens with zero attached hydrogens (tertiary/aromatic N) is 1. The van der Waals surface area contributed by atoms with Crippen molar-refractivity contribution < 1.29 is 19.4 Å². The van der Waals surface area contributed by atoms with E-state index in [1.54, 1.807) is 13.0 Å². The van der Waals surface area contributed by atoms with Crippen molar-refractivity contribution in [3.05, 3.63) is 57.8 Å². The summed E-state index contributed by atoms with van der Waals surface area (Å²) in [5.74, 6) is -2.63. The highest BCUT2D eigenvalue weighted by molar-refractivity contribution is 5.86. The first-order valence-corrected chi connectivity index (χ1v) is 5.36. The average Bonchev–Trinajstić information content (AvgIpc) is 2.29. The molecule has 0 unspecified atom stereocenters. The Labute approximate surface area is 107 Å². The van der Waals surface area contributed by atoms with Gasteiger partial charge in [0.25, 0.3) is 5.56 Å². The molecule has 0 saturated heterocycles. The van der Waals surface area contributed by atoms with Crippen molar-refractivity contribution in [3.63, 3.8) is 0 Å². The highest BCUT2D eigenvalue weighted by Crippen LogP contribution is 2.17. The van der Waals surface area contributed by atoms with Gasteiger partial charge in [-0.15, -0.1) is 0 Å². The number of hydrogen-bond donors (Lipinski definition) is 2. The van der Waals surface area contributed by atoms with E-state index in [2.05, 4.69) is 0 Å². The van der Waals surface area contributed by atoms with Crippen LogP contribution >= 0.6 is 0 Å². The Balaban J connectivity index is 2.81. The zero-order valence-corrected chi connectivity index (χ0v) is 9.92. The molecule has 0 fully saturated rings. The Hall–Kier alpha value is -2.63. The SMILES string of the molecule is Cc1ccc(-n2c(C(=O)O)cc(O)cc2=O)c(F)c1. The smallest absolute Gasteiger partial charge is 0.353 e. The summed E-state index contributed by atoms with van der Waals surface area (Å²) in [6, 6.07) is 5.79. The Morgan fingerprint density at radius 1 is 1.26 bits per heavy atom. The molecule has 0 amide bonds. The number of carboxylic acids is 1. The maximum Gasteiger partial charge on any atom is 0.353 e. The van der Waals surface area contributed by atoms with Crippen molar-refractivity contribution in [1.29, 1.82) is 0 Å². The molecule has 0 aliphatic carbocycles. The molecule has 0 aliphatic rings. The van der Waals surface area contributed by atoms with E-state index in [1.165, 1.54) is 12.1 Å². The van der Waals surface area contributed by atoms with E-state index in [0.717, 1.165) is 12.1 Å². The summed E-state index contributed by atoms with van der Waals surface area (Å²) in [6.45, 7) is 1.67. The quantitative estimate of drug-likeness (QED) is 0.864. The molecule has 2 rings (SSSR count). The zero-order chi connectivity index (χ0) is 14.2. The van der Waals surface area contributed by atoms with E-state index in [0.29, 0.717) is 10.1 Å². The molecule has 0 atom stereocenters. The number of rotatable bonds is 2. The lowest BCUT2D eigenvalue weighted by Gasteiger charge is -2.11. The van der Waals surface area contributed by atoms with Gasteiger partial charge in [0.2, 0.25) is 0 Å². The van der Waals surface area contributed by atoms with Gasteiger partial charge in [0.15, 0.2) is 0 Å². The maximum atomic E-state index is 13.8. The lowest BCUT2D eigenvalue weighted by atomic mass is 10.2. The van der Waals surface area contributed by atoms with Gasteiger partial charge in [-0.3, -0.25) is 9.36 Å². The molecule has 2 aromatic rings. The summed E-state index contributed by atoms with van der Waals surface area (Å²) in [5, 5.41) is 18.3. The third kappa shape index (κ3) is 2.33. The predicted molar refractivity (Wildman–Crippen MR) is 65.4 cm³/mol. The summed E-state index contributed by atoms with van der Waals surface area (Å²) >= 11 is 0. The second-order valence-corrected chi connectivity index (χ2v) is 4.03. The lowest BCUT2D eigenvalue weighted by molar-refractivity contribution is 0.0686. The van der Waals surface area contributed by atoms with Crippen LogP contribution in [-0.4, -0.2) is 20.7 Å². The van der Waals surface area contributed by atoms with E-state index >= 15 is 0 Å². The van der Waals surface area contributed by atoms with Crippen LogP contribution in [0, 0.1) is 12.7 Å². The summed E-state index contributed by atoms with van der Waals surface area (Å²) in [4.78, 5) is 22.9. The number of aromatic carboxylic acids is 1. The summed E-state index contributed by atoms with van der Waals surface area (Å²) in [6.07, 6.45) is 0. The summed E-state index contributed by atoms with van der Waals surface area (Å²) < 4.78 is 14.6. The number of aryl methyl sites for hydroxylation is 1. The highest BCUT2D eigenvalue weighted by Gasteiger charge is 2.17. The van der Waals surface area contributed by atoms with E-state index in [4.69, 9.17) is 5.11 Å².